The minimum absolute atomic E-state index is 0.109. The number of carbonyl (C=O) groups excluding carboxylic acids is 2. The molecule has 0 spiro atoms. The molecule has 2 heterocycles. The molecule has 2 atom stereocenters. The molecule has 0 radical (unpaired) electrons. The van der Waals surface area contributed by atoms with Crippen LogP contribution in [0, 0.1) is 0 Å². The molecule has 0 bridgehead atoms. The fraction of sp³-hybridized carbons (Fsp3) is 0.200. The van der Waals surface area contributed by atoms with Gasteiger partial charge in [-0.2, -0.15) is 0 Å². The Bertz CT molecular complexity index is 861. The smallest absolute Gasteiger partial charge is 0.359 e. The van der Waals surface area contributed by atoms with Gasteiger partial charge in [-0.05, 0) is 11.1 Å². The summed E-state index contributed by atoms with van der Waals surface area (Å²) in [6.45, 7) is 0. The molecule has 0 aromatic heterocycles. The number of aliphatic hydroxyl groups is 1. The predicted octanol–water partition coefficient (Wildman–Crippen LogP) is 2.33. The van der Waals surface area contributed by atoms with E-state index < -0.39 is 18.1 Å². The second kappa shape index (κ2) is 7.09. The monoisotopic (exact) mass is 382 g/mol. The van der Waals surface area contributed by atoms with E-state index in [1.165, 1.54) is 16.7 Å². The predicted molar refractivity (Wildman–Crippen MR) is 102 cm³/mol. The number of rotatable bonds is 4. The first-order valence-corrected chi connectivity index (χ1v) is 9.56. The molecule has 1 unspecified atom stereocenters. The zero-order chi connectivity index (χ0) is 19.0. The van der Waals surface area contributed by atoms with Crippen molar-refractivity contribution >= 4 is 23.6 Å². The summed E-state index contributed by atoms with van der Waals surface area (Å²) in [4.78, 5) is 26.3. The molecular weight excluding hydrogens is 364 g/mol. The van der Waals surface area contributed by atoms with Gasteiger partial charge in [0, 0.05) is 0 Å². The largest absolute Gasteiger partial charge is 0.509 e. The number of benzene rings is 2. The molecular formula is C20H18N2O4S. The molecule has 1 amide bonds. The normalized spacial score (nSPS) is 21.7. The van der Waals surface area contributed by atoms with E-state index in [0.717, 1.165) is 11.1 Å². The highest BCUT2D eigenvalue weighted by molar-refractivity contribution is 8.00. The minimum Gasteiger partial charge on any atom is -0.509 e. The molecule has 138 valence electrons. The number of aliphatic hydroxyl groups excluding tert-OH is 1. The van der Waals surface area contributed by atoms with Crippen molar-refractivity contribution in [3.05, 3.63) is 83.2 Å². The van der Waals surface area contributed by atoms with Crippen molar-refractivity contribution in [1.29, 1.82) is 0 Å². The first kappa shape index (κ1) is 17.6. The summed E-state index contributed by atoms with van der Waals surface area (Å²) in [5.41, 5.74) is 7.28. The number of carbonyl (C=O) groups is 2. The van der Waals surface area contributed by atoms with Gasteiger partial charge in [-0.3, -0.25) is 9.69 Å². The Morgan fingerprint density at radius 3 is 2.22 bits per heavy atom. The van der Waals surface area contributed by atoms with Crippen LogP contribution in [0.3, 0.4) is 0 Å². The van der Waals surface area contributed by atoms with Crippen molar-refractivity contribution in [3.63, 3.8) is 0 Å². The molecule has 27 heavy (non-hydrogen) atoms. The van der Waals surface area contributed by atoms with E-state index in [0.29, 0.717) is 0 Å². The standard InChI is InChI=1S/C20H18N2O4S/c21-15-18(24)22-16(14(23)11-27-19(15)22)20(25)26-17(12-7-3-1-4-8-12)13-9-5-2-6-10-13/h1-10,15,17,19,23H,11,21H2/t15?,19-/m1/s1. The minimum atomic E-state index is -0.740. The van der Waals surface area contributed by atoms with Crippen LogP contribution in [-0.4, -0.2) is 39.1 Å². The Kier molecular flexibility index (Phi) is 4.63. The van der Waals surface area contributed by atoms with Crippen molar-refractivity contribution in [2.75, 3.05) is 5.75 Å². The highest BCUT2D eigenvalue weighted by atomic mass is 32.2. The third-order valence-corrected chi connectivity index (χ3v) is 5.90. The number of β-lactam (4-membered cyclic amide) rings is 1. The fourth-order valence-corrected chi connectivity index (χ4v) is 4.38. The molecule has 0 aliphatic carbocycles. The number of ether oxygens (including phenoxy) is 1. The Balaban J connectivity index is 1.65. The van der Waals surface area contributed by atoms with E-state index in [2.05, 4.69) is 0 Å². The number of thioether (sulfide) groups is 1. The third-order valence-electron chi connectivity index (χ3n) is 4.61. The number of nitrogens with two attached hydrogens (primary N) is 1. The van der Waals surface area contributed by atoms with Crippen LogP contribution in [0.4, 0.5) is 0 Å². The molecule has 1 fully saturated rings. The Labute approximate surface area is 160 Å². The van der Waals surface area contributed by atoms with Gasteiger partial charge in [0.25, 0.3) is 0 Å². The average molecular weight is 382 g/mol. The van der Waals surface area contributed by atoms with Crippen molar-refractivity contribution < 1.29 is 19.4 Å². The summed E-state index contributed by atoms with van der Waals surface area (Å²) in [7, 11) is 0. The summed E-state index contributed by atoms with van der Waals surface area (Å²) in [5, 5.41) is 9.90. The van der Waals surface area contributed by atoms with Gasteiger partial charge in [0.05, 0.1) is 5.75 Å². The molecule has 2 aromatic rings. The van der Waals surface area contributed by atoms with Crippen LogP contribution in [-0.2, 0) is 14.3 Å². The van der Waals surface area contributed by atoms with E-state index in [1.807, 2.05) is 60.7 Å². The average Bonchev–Trinajstić information content (AvgIpc) is 2.72. The molecule has 0 saturated carbocycles. The zero-order valence-corrected chi connectivity index (χ0v) is 15.1. The number of fused-ring (bicyclic) bond motifs is 1. The maximum Gasteiger partial charge on any atom is 0.359 e. The third kappa shape index (κ3) is 3.09. The lowest BCUT2D eigenvalue weighted by atomic mass is 10.0. The Morgan fingerprint density at radius 1 is 1.11 bits per heavy atom. The number of nitrogens with zero attached hydrogens (tertiary/aromatic N) is 1. The molecule has 2 aliphatic heterocycles. The summed E-state index contributed by atoms with van der Waals surface area (Å²) >= 11 is 1.33. The van der Waals surface area contributed by atoms with Crippen molar-refractivity contribution in [3.8, 4) is 0 Å². The molecule has 2 aromatic carbocycles. The number of hydrogen-bond acceptors (Lipinski definition) is 6. The summed E-state index contributed by atoms with van der Waals surface area (Å²) in [6, 6.07) is 18.0. The topological polar surface area (TPSA) is 92.9 Å². The zero-order valence-electron chi connectivity index (χ0n) is 14.3. The van der Waals surface area contributed by atoms with Gasteiger partial charge in [0.15, 0.2) is 11.8 Å². The highest BCUT2D eigenvalue weighted by Crippen LogP contribution is 2.40. The van der Waals surface area contributed by atoms with Crippen LogP contribution >= 0.6 is 11.8 Å². The van der Waals surface area contributed by atoms with Gasteiger partial charge in [-0.1, -0.05) is 60.7 Å². The molecule has 2 aliphatic rings. The Hall–Kier alpha value is -2.77. The fourth-order valence-electron chi connectivity index (χ4n) is 3.24. The number of amides is 1. The van der Waals surface area contributed by atoms with Gasteiger partial charge < -0.3 is 15.6 Å². The lowest BCUT2D eigenvalue weighted by Gasteiger charge is -2.47. The summed E-state index contributed by atoms with van der Waals surface area (Å²) in [5.74, 6) is -1.08. The number of esters is 1. The van der Waals surface area contributed by atoms with Gasteiger partial charge in [0.1, 0.15) is 17.2 Å². The van der Waals surface area contributed by atoms with E-state index in [1.54, 1.807) is 0 Å². The summed E-state index contributed by atoms with van der Waals surface area (Å²) in [6.07, 6.45) is -0.654. The van der Waals surface area contributed by atoms with E-state index in [9.17, 15) is 14.7 Å². The van der Waals surface area contributed by atoms with Crippen LogP contribution in [0.15, 0.2) is 72.1 Å². The van der Waals surface area contributed by atoms with Gasteiger partial charge in [-0.25, -0.2) is 4.79 Å². The van der Waals surface area contributed by atoms with Crippen LogP contribution < -0.4 is 5.73 Å². The van der Waals surface area contributed by atoms with E-state index >= 15 is 0 Å². The Morgan fingerprint density at radius 2 is 1.67 bits per heavy atom. The maximum atomic E-state index is 12.9. The van der Waals surface area contributed by atoms with Gasteiger partial charge in [-0.15, -0.1) is 11.8 Å². The second-order valence-electron chi connectivity index (χ2n) is 6.34. The second-order valence-corrected chi connectivity index (χ2v) is 7.44. The van der Waals surface area contributed by atoms with Crippen LogP contribution in [0.25, 0.3) is 0 Å². The first-order chi connectivity index (χ1) is 13.1. The molecule has 6 nitrogen and oxygen atoms in total. The molecule has 1 saturated heterocycles. The van der Waals surface area contributed by atoms with Crippen molar-refractivity contribution in [2.45, 2.75) is 17.5 Å². The van der Waals surface area contributed by atoms with Gasteiger partial charge >= 0.3 is 5.97 Å². The summed E-state index contributed by atoms with van der Waals surface area (Å²) < 4.78 is 5.77. The lowest BCUT2D eigenvalue weighted by Crippen LogP contribution is -2.68. The first-order valence-electron chi connectivity index (χ1n) is 8.51. The molecule has 7 heteroatoms. The van der Waals surface area contributed by atoms with E-state index in [4.69, 9.17) is 10.5 Å². The van der Waals surface area contributed by atoms with Crippen LogP contribution in [0.2, 0.25) is 0 Å². The molecule has 3 N–H and O–H groups in total. The number of hydrogen-bond donors (Lipinski definition) is 2. The maximum absolute atomic E-state index is 12.9. The van der Waals surface area contributed by atoms with Crippen LogP contribution in [0.5, 0.6) is 0 Å². The van der Waals surface area contributed by atoms with Crippen LogP contribution in [0.1, 0.15) is 17.2 Å². The van der Waals surface area contributed by atoms with Crippen molar-refractivity contribution in [2.24, 2.45) is 5.73 Å². The molecule has 4 rings (SSSR count). The van der Waals surface area contributed by atoms with Crippen molar-refractivity contribution in [1.82, 2.24) is 4.90 Å². The van der Waals surface area contributed by atoms with E-state index in [-0.39, 0.29) is 28.5 Å². The SMILES string of the molecule is NC1C(=O)N2C(C(=O)OC(c3ccccc3)c3ccccc3)=C(O)CS[C@H]12. The quantitative estimate of drug-likeness (QED) is 0.623. The highest BCUT2D eigenvalue weighted by Gasteiger charge is 2.52. The lowest BCUT2D eigenvalue weighted by molar-refractivity contribution is -0.153. The van der Waals surface area contributed by atoms with Gasteiger partial charge in [0.2, 0.25) is 5.91 Å².